The van der Waals surface area contributed by atoms with Gasteiger partial charge in [0.2, 0.25) is 0 Å². The molecule has 0 aliphatic rings. The maximum Gasteiger partial charge on any atom is 0.0406 e. The van der Waals surface area contributed by atoms with E-state index in [9.17, 15) is 0 Å². The molecule has 0 spiro atoms. The van der Waals surface area contributed by atoms with E-state index in [4.69, 9.17) is 11.6 Å². The van der Waals surface area contributed by atoms with Crippen molar-refractivity contribution < 1.29 is 0 Å². The predicted molar refractivity (Wildman–Crippen MR) is 70.6 cm³/mol. The van der Waals surface area contributed by atoms with Gasteiger partial charge in [0, 0.05) is 5.02 Å². The van der Waals surface area contributed by atoms with E-state index in [1.807, 2.05) is 24.3 Å². The van der Waals surface area contributed by atoms with Crippen molar-refractivity contribution in [1.82, 2.24) is 0 Å². The van der Waals surface area contributed by atoms with Gasteiger partial charge in [-0.3, -0.25) is 0 Å². The topological polar surface area (TPSA) is 0 Å². The highest BCUT2D eigenvalue weighted by molar-refractivity contribution is 6.30. The van der Waals surface area contributed by atoms with Crippen LogP contribution in [0.5, 0.6) is 0 Å². The molecule has 1 heteroatoms. The van der Waals surface area contributed by atoms with Gasteiger partial charge in [-0.1, -0.05) is 54.9 Å². The summed E-state index contributed by atoms with van der Waals surface area (Å²) in [6.45, 7) is 3.86. The van der Waals surface area contributed by atoms with E-state index in [2.05, 4.69) is 31.2 Å². The van der Waals surface area contributed by atoms with Crippen LogP contribution in [0, 0.1) is 6.92 Å². The summed E-state index contributed by atoms with van der Waals surface area (Å²) in [7, 11) is 0. The lowest BCUT2D eigenvalue weighted by molar-refractivity contribution is 1.000. The first-order valence-electron chi connectivity index (χ1n) is 5.44. The largest absolute Gasteiger partial charge is 0.0843 e. The van der Waals surface area contributed by atoms with Crippen LogP contribution in [0.4, 0.5) is 0 Å². The molecule has 0 bridgehead atoms. The van der Waals surface area contributed by atoms with Crippen LogP contribution in [0.2, 0.25) is 5.02 Å². The normalized spacial score (nSPS) is 10.4. The van der Waals surface area contributed by atoms with Gasteiger partial charge in [0.25, 0.3) is 0 Å². The SMILES string of the molecule is [CH2]CCc1ccc(-c2ccc(Cl)cc2)cc1. The lowest BCUT2D eigenvalue weighted by Crippen LogP contribution is -1.83. The van der Waals surface area contributed by atoms with Crippen molar-refractivity contribution in [2.45, 2.75) is 12.8 Å². The Bertz CT molecular complexity index is 440. The first kappa shape index (κ1) is 11.2. The monoisotopic (exact) mass is 229 g/mol. The average Bonchev–Trinajstić information content (AvgIpc) is 2.32. The fourth-order valence-corrected chi connectivity index (χ4v) is 1.84. The van der Waals surface area contributed by atoms with Gasteiger partial charge in [0.15, 0.2) is 0 Å². The molecule has 0 nitrogen and oxygen atoms in total. The van der Waals surface area contributed by atoms with Crippen LogP contribution in [-0.2, 0) is 6.42 Å². The fraction of sp³-hybridized carbons (Fsp3) is 0.133. The molecule has 0 aliphatic heterocycles. The molecule has 2 aromatic rings. The van der Waals surface area contributed by atoms with Crippen LogP contribution >= 0.6 is 11.6 Å². The average molecular weight is 230 g/mol. The standard InChI is InChI=1S/C15H14Cl/c1-2-3-12-4-6-13(7-5-12)14-8-10-15(16)11-9-14/h4-11H,1-3H2. The molecule has 16 heavy (non-hydrogen) atoms. The summed E-state index contributed by atoms with van der Waals surface area (Å²) in [6, 6.07) is 16.5. The third-order valence-corrected chi connectivity index (χ3v) is 2.85. The minimum atomic E-state index is 0.775. The second-order valence-electron chi connectivity index (χ2n) is 3.81. The summed E-state index contributed by atoms with van der Waals surface area (Å²) < 4.78 is 0. The van der Waals surface area contributed by atoms with E-state index in [0.717, 1.165) is 17.9 Å². The molecular weight excluding hydrogens is 216 g/mol. The van der Waals surface area contributed by atoms with Crippen molar-refractivity contribution in [3.8, 4) is 11.1 Å². The van der Waals surface area contributed by atoms with Crippen molar-refractivity contribution in [1.29, 1.82) is 0 Å². The van der Waals surface area contributed by atoms with E-state index in [1.165, 1.54) is 16.7 Å². The number of benzene rings is 2. The minimum absolute atomic E-state index is 0.775. The summed E-state index contributed by atoms with van der Waals surface area (Å²) in [4.78, 5) is 0. The van der Waals surface area contributed by atoms with E-state index in [0.29, 0.717) is 0 Å². The zero-order chi connectivity index (χ0) is 11.4. The Hall–Kier alpha value is -1.27. The van der Waals surface area contributed by atoms with Crippen LogP contribution in [0.15, 0.2) is 48.5 Å². The van der Waals surface area contributed by atoms with E-state index in [1.54, 1.807) is 0 Å². The Kier molecular flexibility index (Phi) is 3.63. The van der Waals surface area contributed by atoms with Crippen molar-refractivity contribution in [3.63, 3.8) is 0 Å². The Morgan fingerprint density at radius 3 is 1.81 bits per heavy atom. The third kappa shape index (κ3) is 2.65. The molecule has 2 rings (SSSR count). The maximum absolute atomic E-state index is 5.86. The number of hydrogen-bond acceptors (Lipinski definition) is 0. The molecule has 0 aliphatic carbocycles. The van der Waals surface area contributed by atoms with Crippen molar-refractivity contribution in [2.75, 3.05) is 0 Å². The van der Waals surface area contributed by atoms with Crippen LogP contribution in [0.25, 0.3) is 11.1 Å². The third-order valence-electron chi connectivity index (χ3n) is 2.60. The Morgan fingerprint density at radius 2 is 1.31 bits per heavy atom. The Morgan fingerprint density at radius 1 is 0.812 bits per heavy atom. The number of aryl methyl sites for hydroxylation is 1. The molecule has 0 aromatic heterocycles. The first-order valence-corrected chi connectivity index (χ1v) is 5.81. The van der Waals surface area contributed by atoms with Gasteiger partial charge in [0.05, 0.1) is 0 Å². The minimum Gasteiger partial charge on any atom is -0.0843 e. The highest BCUT2D eigenvalue weighted by atomic mass is 35.5. The molecule has 0 fully saturated rings. The van der Waals surface area contributed by atoms with Crippen molar-refractivity contribution in [3.05, 3.63) is 66.0 Å². The van der Waals surface area contributed by atoms with Gasteiger partial charge in [-0.05, 0) is 41.7 Å². The summed E-state index contributed by atoms with van der Waals surface area (Å²) in [5.74, 6) is 0. The summed E-state index contributed by atoms with van der Waals surface area (Å²) in [5.41, 5.74) is 3.77. The van der Waals surface area contributed by atoms with Crippen LogP contribution in [0.3, 0.4) is 0 Å². The zero-order valence-electron chi connectivity index (χ0n) is 9.12. The summed E-state index contributed by atoms with van der Waals surface area (Å²) in [5, 5.41) is 0.775. The summed E-state index contributed by atoms with van der Waals surface area (Å²) in [6.07, 6.45) is 1.99. The van der Waals surface area contributed by atoms with Gasteiger partial charge in [-0.25, -0.2) is 0 Å². The quantitative estimate of drug-likeness (QED) is 0.711. The van der Waals surface area contributed by atoms with Crippen molar-refractivity contribution in [2.24, 2.45) is 0 Å². The molecular formula is C15H14Cl. The number of halogens is 1. The summed E-state index contributed by atoms with van der Waals surface area (Å²) >= 11 is 5.86. The molecule has 0 saturated heterocycles. The van der Waals surface area contributed by atoms with Gasteiger partial charge >= 0.3 is 0 Å². The van der Waals surface area contributed by atoms with Gasteiger partial charge in [0.1, 0.15) is 0 Å². The Balaban J connectivity index is 2.24. The molecule has 0 heterocycles. The van der Waals surface area contributed by atoms with Crippen molar-refractivity contribution >= 4 is 11.6 Å². The molecule has 0 unspecified atom stereocenters. The molecule has 0 amide bonds. The number of hydrogen-bond donors (Lipinski definition) is 0. The molecule has 1 radical (unpaired) electrons. The fourth-order valence-electron chi connectivity index (χ4n) is 1.71. The van der Waals surface area contributed by atoms with Crippen LogP contribution in [-0.4, -0.2) is 0 Å². The highest BCUT2D eigenvalue weighted by Crippen LogP contribution is 2.22. The Labute approximate surface area is 102 Å². The molecule has 0 atom stereocenters. The van der Waals surface area contributed by atoms with Gasteiger partial charge in [-0.2, -0.15) is 0 Å². The molecule has 2 aromatic carbocycles. The van der Waals surface area contributed by atoms with E-state index < -0.39 is 0 Å². The smallest absolute Gasteiger partial charge is 0.0406 e. The molecule has 0 N–H and O–H groups in total. The maximum atomic E-state index is 5.86. The van der Waals surface area contributed by atoms with E-state index >= 15 is 0 Å². The predicted octanol–water partition coefficient (Wildman–Crippen LogP) is 4.77. The van der Waals surface area contributed by atoms with Crippen LogP contribution in [0.1, 0.15) is 12.0 Å². The highest BCUT2D eigenvalue weighted by Gasteiger charge is 1.97. The zero-order valence-corrected chi connectivity index (χ0v) is 9.87. The van der Waals surface area contributed by atoms with Gasteiger partial charge in [-0.15, -0.1) is 0 Å². The second kappa shape index (κ2) is 5.18. The second-order valence-corrected chi connectivity index (χ2v) is 4.24. The van der Waals surface area contributed by atoms with E-state index in [-0.39, 0.29) is 0 Å². The number of rotatable bonds is 3. The molecule has 81 valence electrons. The first-order chi connectivity index (χ1) is 7.79. The van der Waals surface area contributed by atoms with Crippen LogP contribution < -0.4 is 0 Å². The lowest BCUT2D eigenvalue weighted by Gasteiger charge is -2.03. The molecule has 0 saturated carbocycles. The van der Waals surface area contributed by atoms with Gasteiger partial charge < -0.3 is 0 Å². The lowest BCUT2D eigenvalue weighted by atomic mass is 10.0.